The van der Waals surface area contributed by atoms with Crippen LogP contribution in [-0.4, -0.2) is 69.1 Å². The van der Waals surface area contributed by atoms with E-state index in [2.05, 4.69) is 128 Å². The first-order valence-corrected chi connectivity index (χ1v) is 19.9. The number of benzene rings is 3. The van der Waals surface area contributed by atoms with Crippen molar-refractivity contribution in [3.8, 4) is 0 Å². The van der Waals surface area contributed by atoms with Gasteiger partial charge in [0.1, 0.15) is 0 Å². The van der Waals surface area contributed by atoms with Gasteiger partial charge in [-0.3, -0.25) is 14.5 Å². The number of hydrogen-bond donors (Lipinski definition) is 0. The van der Waals surface area contributed by atoms with Crippen molar-refractivity contribution in [2.75, 3.05) is 57.2 Å². The predicted molar refractivity (Wildman–Crippen MR) is 213 cm³/mol. The van der Waals surface area contributed by atoms with E-state index in [1.165, 1.54) is 19.9 Å². The molecule has 1 heterocycles. The van der Waals surface area contributed by atoms with Crippen molar-refractivity contribution in [3.05, 3.63) is 98.9 Å². The van der Waals surface area contributed by atoms with Crippen LogP contribution in [0.4, 0.5) is 5.69 Å². The van der Waals surface area contributed by atoms with Crippen LogP contribution in [0.15, 0.2) is 87.8 Å². The van der Waals surface area contributed by atoms with Gasteiger partial charge in [-0.2, -0.15) is 0 Å². The Morgan fingerprint density at radius 3 is 1.49 bits per heavy atom. The molecule has 1 saturated heterocycles. The second-order valence-electron chi connectivity index (χ2n) is 13.3. The number of carbonyl (C=O) groups is 2. The minimum absolute atomic E-state index is 0.131. The van der Waals surface area contributed by atoms with Crippen molar-refractivity contribution in [1.82, 2.24) is 4.90 Å². The summed E-state index contributed by atoms with van der Waals surface area (Å²) in [5, 5.41) is 0.884. The molecule has 1 fully saturated rings. The summed E-state index contributed by atoms with van der Waals surface area (Å²) < 4.78 is 12.4. The lowest BCUT2D eigenvalue weighted by atomic mass is 9.68. The SMILES string of the molecule is COC(=O)C(CCCBr)(c1ccc(Br)cc1)C(C)C.COC(=O)C(CCCN1CCN(c2ccccc2)CC1)(c1ccc(Br)cc1)C(C)C. The standard InChI is InChI=1S/C25H33BrN2O2.C15H20Br2O2/c1-20(2)25(24(29)30-3,21-10-12-22(26)13-11-21)14-7-15-27-16-18-28(19-17-27)23-8-5-4-6-9-23;1-11(2)15(9-4-10-16,14(18)19-3)12-5-7-13(17)8-6-12/h4-6,8-13,20H,7,14-19H2,1-3H3;5-8,11H,4,9-10H2,1-3H3. The lowest BCUT2D eigenvalue weighted by Gasteiger charge is -2.38. The van der Waals surface area contributed by atoms with Crippen LogP contribution in [0.1, 0.15) is 64.5 Å². The van der Waals surface area contributed by atoms with E-state index in [9.17, 15) is 9.59 Å². The van der Waals surface area contributed by atoms with Crippen LogP contribution in [0.25, 0.3) is 0 Å². The van der Waals surface area contributed by atoms with E-state index in [0.717, 1.165) is 83.8 Å². The quantitative estimate of drug-likeness (QED) is 0.119. The summed E-state index contributed by atoms with van der Waals surface area (Å²) in [6, 6.07) is 26.7. The number of esters is 2. The monoisotopic (exact) mass is 862 g/mol. The molecule has 4 rings (SSSR count). The van der Waals surface area contributed by atoms with E-state index >= 15 is 0 Å². The summed E-state index contributed by atoms with van der Waals surface area (Å²) in [6.45, 7) is 13.6. The predicted octanol–water partition coefficient (Wildman–Crippen LogP) is 9.81. The van der Waals surface area contributed by atoms with Gasteiger partial charge in [-0.1, -0.05) is 118 Å². The molecule has 0 radical (unpaired) electrons. The molecular weight excluding hydrogens is 812 g/mol. The summed E-state index contributed by atoms with van der Waals surface area (Å²) in [4.78, 5) is 30.4. The molecule has 1 aliphatic rings. The molecule has 9 heteroatoms. The summed E-state index contributed by atoms with van der Waals surface area (Å²) in [7, 11) is 2.97. The molecule has 0 aromatic heterocycles. The fourth-order valence-corrected chi connectivity index (χ4v) is 7.91. The molecule has 0 bridgehead atoms. The summed E-state index contributed by atoms with van der Waals surface area (Å²) in [5.74, 6) is 0.0562. The fourth-order valence-electron chi connectivity index (χ4n) is 7.10. The molecule has 2 unspecified atom stereocenters. The van der Waals surface area contributed by atoms with Gasteiger partial charge < -0.3 is 14.4 Å². The first-order valence-electron chi connectivity index (χ1n) is 17.2. The molecular formula is C40H53Br3N2O4. The van der Waals surface area contributed by atoms with Gasteiger partial charge in [-0.05, 0) is 91.6 Å². The van der Waals surface area contributed by atoms with Gasteiger partial charge in [0.2, 0.25) is 0 Å². The van der Waals surface area contributed by atoms with Gasteiger partial charge in [-0.25, -0.2) is 0 Å². The third kappa shape index (κ3) is 10.4. The molecule has 3 aromatic carbocycles. The molecule has 0 saturated carbocycles. The number of anilines is 1. The second kappa shape index (κ2) is 20.0. The Hall–Kier alpha value is -2.20. The molecule has 49 heavy (non-hydrogen) atoms. The lowest BCUT2D eigenvalue weighted by Crippen LogP contribution is -2.47. The Balaban J connectivity index is 0.000000295. The van der Waals surface area contributed by atoms with Crippen molar-refractivity contribution in [2.24, 2.45) is 11.8 Å². The number of rotatable bonds is 14. The third-order valence-corrected chi connectivity index (χ3v) is 11.7. The van der Waals surface area contributed by atoms with Crippen molar-refractivity contribution >= 4 is 65.4 Å². The summed E-state index contributed by atoms with van der Waals surface area (Å²) in [6.07, 6.45) is 3.47. The number of methoxy groups -OCH3 is 2. The normalized spacial score (nSPS) is 15.9. The molecule has 0 spiro atoms. The first-order chi connectivity index (χ1) is 23.5. The number of piperazine rings is 1. The van der Waals surface area contributed by atoms with Crippen LogP contribution in [-0.2, 0) is 29.9 Å². The zero-order valence-corrected chi connectivity index (χ0v) is 34.7. The smallest absolute Gasteiger partial charge is 0.316 e. The highest BCUT2D eigenvalue weighted by atomic mass is 79.9. The molecule has 268 valence electrons. The first kappa shape index (κ1) is 41.2. The van der Waals surface area contributed by atoms with Gasteiger partial charge in [0.25, 0.3) is 0 Å². The van der Waals surface area contributed by atoms with Crippen LogP contribution in [0.3, 0.4) is 0 Å². The van der Waals surface area contributed by atoms with Gasteiger partial charge in [0, 0.05) is 46.1 Å². The van der Waals surface area contributed by atoms with E-state index in [0.29, 0.717) is 0 Å². The Morgan fingerprint density at radius 2 is 1.10 bits per heavy atom. The van der Waals surface area contributed by atoms with E-state index in [1.807, 2.05) is 36.4 Å². The van der Waals surface area contributed by atoms with Crippen LogP contribution in [0.5, 0.6) is 0 Å². The van der Waals surface area contributed by atoms with Crippen LogP contribution in [0.2, 0.25) is 0 Å². The number of hydrogen-bond acceptors (Lipinski definition) is 6. The Labute approximate surface area is 319 Å². The van der Waals surface area contributed by atoms with E-state index in [4.69, 9.17) is 9.47 Å². The minimum Gasteiger partial charge on any atom is -0.468 e. The average Bonchev–Trinajstić information content (AvgIpc) is 3.11. The van der Waals surface area contributed by atoms with E-state index < -0.39 is 10.8 Å². The van der Waals surface area contributed by atoms with Crippen molar-refractivity contribution in [1.29, 1.82) is 0 Å². The van der Waals surface area contributed by atoms with Crippen molar-refractivity contribution in [3.63, 3.8) is 0 Å². The maximum atomic E-state index is 13.0. The molecule has 0 N–H and O–H groups in total. The number of carbonyl (C=O) groups excluding carboxylic acids is 2. The average molecular weight is 866 g/mol. The highest BCUT2D eigenvalue weighted by Crippen LogP contribution is 2.40. The number of para-hydroxylation sites is 1. The molecule has 2 atom stereocenters. The number of alkyl halides is 1. The van der Waals surface area contributed by atoms with Crippen LogP contribution in [0, 0.1) is 11.8 Å². The van der Waals surface area contributed by atoms with Crippen LogP contribution >= 0.6 is 47.8 Å². The largest absolute Gasteiger partial charge is 0.468 e. The molecule has 6 nitrogen and oxygen atoms in total. The van der Waals surface area contributed by atoms with Crippen molar-refractivity contribution < 1.29 is 19.1 Å². The Morgan fingerprint density at radius 1 is 0.673 bits per heavy atom. The maximum Gasteiger partial charge on any atom is 0.316 e. The van der Waals surface area contributed by atoms with Gasteiger partial charge in [0.15, 0.2) is 0 Å². The van der Waals surface area contributed by atoms with Gasteiger partial charge in [-0.15, -0.1) is 0 Å². The zero-order chi connectivity index (χ0) is 36.0. The highest BCUT2D eigenvalue weighted by Gasteiger charge is 2.45. The van der Waals surface area contributed by atoms with Crippen molar-refractivity contribution in [2.45, 2.75) is 64.2 Å². The van der Waals surface area contributed by atoms with Gasteiger partial charge in [0.05, 0.1) is 25.0 Å². The van der Waals surface area contributed by atoms with E-state index in [1.54, 1.807) is 0 Å². The molecule has 1 aliphatic heterocycles. The molecule has 3 aromatic rings. The highest BCUT2D eigenvalue weighted by molar-refractivity contribution is 9.10. The summed E-state index contributed by atoms with van der Waals surface area (Å²) >= 11 is 10.4. The maximum absolute atomic E-state index is 13.0. The second-order valence-corrected chi connectivity index (χ2v) is 15.9. The number of ether oxygens (including phenoxy) is 2. The number of halogens is 3. The summed E-state index contributed by atoms with van der Waals surface area (Å²) in [5.41, 5.74) is 2.20. The minimum atomic E-state index is -0.610. The van der Waals surface area contributed by atoms with Gasteiger partial charge >= 0.3 is 11.9 Å². The molecule has 0 aliphatic carbocycles. The topological polar surface area (TPSA) is 59.1 Å². The number of nitrogens with zero attached hydrogens (tertiary/aromatic N) is 2. The fraction of sp³-hybridized carbons (Fsp3) is 0.500. The zero-order valence-electron chi connectivity index (χ0n) is 29.9. The lowest BCUT2D eigenvalue weighted by molar-refractivity contribution is -0.151. The Bertz CT molecular complexity index is 1430. The Kier molecular flexibility index (Phi) is 16.8. The third-order valence-electron chi connectivity index (χ3n) is 10.0. The van der Waals surface area contributed by atoms with Crippen LogP contribution < -0.4 is 4.90 Å². The van der Waals surface area contributed by atoms with E-state index in [-0.39, 0.29) is 23.8 Å². The molecule has 0 amide bonds.